The Morgan fingerprint density at radius 2 is 2.00 bits per heavy atom. The first kappa shape index (κ1) is 11.3. The fraction of sp³-hybridized carbons (Fsp3) is 0.385. The Morgan fingerprint density at radius 1 is 1.25 bits per heavy atom. The summed E-state index contributed by atoms with van der Waals surface area (Å²) < 4.78 is 0. The molecule has 0 saturated heterocycles. The lowest BCUT2D eigenvalue weighted by atomic mass is 9.83. The first-order valence-electron chi connectivity index (χ1n) is 5.51. The molecule has 1 aliphatic rings. The number of hydrogen-bond donors (Lipinski definition) is 0. The number of carbonyl (C=O) groups is 2. The molecule has 2 rings (SSSR count). The number of hydrogen-bond acceptors (Lipinski definition) is 2. The van der Waals surface area contributed by atoms with Gasteiger partial charge in [0, 0.05) is 12.0 Å². The van der Waals surface area contributed by atoms with E-state index in [-0.39, 0.29) is 11.6 Å². The number of carbonyl (C=O) groups excluding carboxylic acids is 2. The zero-order valence-corrected chi connectivity index (χ0v) is 9.67. The minimum Gasteiger partial charge on any atom is -0.299 e. The van der Waals surface area contributed by atoms with Gasteiger partial charge in [0.25, 0.3) is 0 Å². The molecule has 0 amide bonds. The predicted molar refractivity (Wildman–Crippen MR) is 62.7 cm³/mol. The Balaban J connectivity index is 2.25. The Labute approximate surface area is 99.6 Å². The van der Waals surface area contributed by atoms with Gasteiger partial charge in [-0.1, -0.05) is 30.2 Å². The van der Waals surface area contributed by atoms with Gasteiger partial charge >= 0.3 is 0 Å². The van der Waals surface area contributed by atoms with E-state index in [9.17, 15) is 9.59 Å². The van der Waals surface area contributed by atoms with E-state index >= 15 is 0 Å². The molecule has 1 aromatic rings. The van der Waals surface area contributed by atoms with Crippen LogP contribution < -0.4 is 0 Å². The maximum atomic E-state index is 12.1. The Morgan fingerprint density at radius 3 is 2.69 bits per heavy atom. The highest BCUT2D eigenvalue weighted by Gasteiger charge is 2.30. The average Bonchev–Trinajstić information content (AvgIpc) is 2.29. The lowest BCUT2D eigenvalue weighted by Gasteiger charge is -2.19. The van der Waals surface area contributed by atoms with Gasteiger partial charge in [0.15, 0.2) is 5.78 Å². The number of benzene rings is 1. The molecular formula is C13H13ClO2. The normalized spacial score (nSPS) is 20.8. The summed E-state index contributed by atoms with van der Waals surface area (Å²) in [6, 6.07) is 6.92. The van der Waals surface area contributed by atoms with E-state index in [0.29, 0.717) is 23.4 Å². The van der Waals surface area contributed by atoms with Crippen LogP contribution in [0.1, 0.15) is 36.0 Å². The third-order valence-electron chi connectivity index (χ3n) is 3.01. The molecule has 0 bridgehead atoms. The summed E-state index contributed by atoms with van der Waals surface area (Å²) in [4.78, 5) is 23.8. The van der Waals surface area contributed by atoms with Gasteiger partial charge in [-0.3, -0.25) is 9.59 Å². The highest BCUT2D eigenvalue weighted by molar-refractivity contribution is 6.34. The van der Waals surface area contributed by atoms with E-state index in [2.05, 4.69) is 0 Å². The van der Waals surface area contributed by atoms with Crippen molar-refractivity contribution in [3.05, 3.63) is 34.9 Å². The number of ketones is 2. The van der Waals surface area contributed by atoms with Crippen LogP contribution >= 0.6 is 11.6 Å². The van der Waals surface area contributed by atoms with Crippen LogP contribution in [0.2, 0.25) is 5.02 Å². The Bertz CT molecular complexity index is 426. The first-order valence-corrected chi connectivity index (χ1v) is 5.89. The van der Waals surface area contributed by atoms with Crippen molar-refractivity contribution in [3.8, 4) is 0 Å². The fourth-order valence-corrected chi connectivity index (χ4v) is 2.34. The van der Waals surface area contributed by atoms with Crippen LogP contribution in [-0.2, 0) is 4.79 Å². The van der Waals surface area contributed by atoms with Crippen LogP contribution in [0.15, 0.2) is 24.3 Å². The summed E-state index contributed by atoms with van der Waals surface area (Å²) in [7, 11) is 0. The van der Waals surface area contributed by atoms with Crippen molar-refractivity contribution in [1.29, 1.82) is 0 Å². The van der Waals surface area contributed by atoms with E-state index < -0.39 is 5.92 Å². The number of rotatable bonds is 2. The molecule has 0 radical (unpaired) electrons. The summed E-state index contributed by atoms with van der Waals surface area (Å²) in [5.74, 6) is -0.514. The van der Waals surface area contributed by atoms with E-state index in [1.165, 1.54) is 0 Å². The summed E-state index contributed by atoms with van der Waals surface area (Å²) in [5.41, 5.74) is 0.476. The molecule has 1 atom stereocenters. The predicted octanol–water partition coefficient (Wildman–Crippen LogP) is 3.28. The summed E-state index contributed by atoms with van der Waals surface area (Å²) in [6.07, 6.45) is 3.06. The fourth-order valence-electron chi connectivity index (χ4n) is 2.11. The van der Waals surface area contributed by atoms with Crippen LogP contribution in [-0.4, -0.2) is 11.6 Å². The van der Waals surface area contributed by atoms with Crippen LogP contribution in [0.5, 0.6) is 0 Å². The van der Waals surface area contributed by atoms with Crippen molar-refractivity contribution in [2.75, 3.05) is 0 Å². The van der Waals surface area contributed by atoms with Gasteiger partial charge in [0.1, 0.15) is 5.78 Å². The SMILES string of the molecule is O=C1CCCCC1C(=O)c1ccccc1Cl. The van der Waals surface area contributed by atoms with Crippen molar-refractivity contribution in [3.63, 3.8) is 0 Å². The average molecular weight is 237 g/mol. The maximum Gasteiger partial charge on any atom is 0.174 e. The highest BCUT2D eigenvalue weighted by Crippen LogP contribution is 2.26. The Kier molecular flexibility index (Phi) is 3.39. The third-order valence-corrected chi connectivity index (χ3v) is 3.34. The molecule has 3 heteroatoms. The number of Topliss-reactive ketones (excluding diaryl/α,β-unsaturated/α-hetero) is 2. The zero-order valence-electron chi connectivity index (χ0n) is 8.91. The quantitative estimate of drug-likeness (QED) is 0.583. The molecule has 1 saturated carbocycles. The molecule has 1 unspecified atom stereocenters. The Hall–Kier alpha value is -1.15. The van der Waals surface area contributed by atoms with Crippen LogP contribution in [0.25, 0.3) is 0 Å². The van der Waals surface area contributed by atoms with Crippen molar-refractivity contribution < 1.29 is 9.59 Å². The maximum absolute atomic E-state index is 12.1. The monoisotopic (exact) mass is 236 g/mol. The van der Waals surface area contributed by atoms with E-state index in [1.807, 2.05) is 0 Å². The minimum atomic E-state index is -0.464. The topological polar surface area (TPSA) is 34.1 Å². The molecule has 1 aliphatic carbocycles. The smallest absolute Gasteiger partial charge is 0.174 e. The molecular weight excluding hydrogens is 224 g/mol. The molecule has 16 heavy (non-hydrogen) atoms. The molecule has 1 fully saturated rings. The first-order chi connectivity index (χ1) is 7.70. The number of halogens is 1. The van der Waals surface area contributed by atoms with Crippen molar-refractivity contribution >= 4 is 23.2 Å². The lowest BCUT2D eigenvalue weighted by Crippen LogP contribution is -2.27. The summed E-state index contributed by atoms with van der Waals surface area (Å²) >= 11 is 5.95. The zero-order chi connectivity index (χ0) is 11.5. The minimum absolute atomic E-state index is 0.0659. The lowest BCUT2D eigenvalue weighted by molar-refractivity contribution is -0.122. The van der Waals surface area contributed by atoms with Crippen LogP contribution in [0.3, 0.4) is 0 Å². The largest absolute Gasteiger partial charge is 0.299 e. The van der Waals surface area contributed by atoms with Gasteiger partial charge in [0.05, 0.1) is 10.9 Å². The molecule has 2 nitrogen and oxygen atoms in total. The van der Waals surface area contributed by atoms with Gasteiger partial charge in [-0.05, 0) is 25.0 Å². The van der Waals surface area contributed by atoms with Crippen LogP contribution in [0.4, 0.5) is 0 Å². The standard InChI is InChI=1S/C13H13ClO2/c14-11-7-3-1-5-9(11)13(16)10-6-2-4-8-12(10)15/h1,3,5,7,10H,2,4,6,8H2. The second-order valence-corrected chi connectivity index (χ2v) is 4.52. The second kappa shape index (κ2) is 4.79. The second-order valence-electron chi connectivity index (χ2n) is 4.11. The van der Waals surface area contributed by atoms with Gasteiger partial charge in [-0.2, -0.15) is 0 Å². The van der Waals surface area contributed by atoms with Crippen molar-refractivity contribution in [1.82, 2.24) is 0 Å². The van der Waals surface area contributed by atoms with Gasteiger partial charge in [-0.25, -0.2) is 0 Å². The van der Waals surface area contributed by atoms with E-state index in [1.54, 1.807) is 24.3 Å². The molecule has 0 aromatic heterocycles. The molecule has 1 aromatic carbocycles. The molecule has 0 N–H and O–H groups in total. The van der Waals surface area contributed by atoms with Gasteiger partial charge < -0.3 is 0 Å². The van der Waals surface area contributed by atoms with Crippen LogP contribution in [0, 0.1) is 5.92 Å². The van der Waals surface area contributed by atoms with Gasteiger partial charge in [-0.15, -0.1) is 0 Å². The van der Waals surface area contributed by atoms with E-state index in [0.717, 1.165) is 12.8 Å². The van der Waals surface area contributed by atoms with Gasteiger partial charge in [0.2, 0.25) is 0 Å². The summed E-state index contributed by atoms with van der Waals surface area (Å²) in [5, 5.41) is 0.436. The molecule has 0 spiro atoms. The van der Waals surface area contributed by atoms with Crippen molar-refractivity contribution in [2.45, 2.75) is 25.7 Å². The summed E-state index contributed by atoms with van der Waals surface area (Å²) in [6.45, 7) is 0. The highest BCUT2D eigenvalue weighted by atomic mass is 35.5. The molecule has 84 valence electrons. The molecule has 0 heterocycles. The van der Waals surface area contributed by atoms with E-state index in [4.69, 9.17) is 11.6 Å². The third kappa shape index (κ3) is 2.17. The molecule has 0 aliphatic heterocycles. The van der Waals surface area contributed by atoms with Crippen molar-refractivity contribution in [2.24, 2.45) is 5.92 Å².